The molecule has 0 amide bonds. The van der Waals surface area contributed by atoms with Crippen molar-refractivity contribution >= 4 is 13.8 Å². The van der Waals surface area contributed by atoms with Crippen LogP contribution in [0.4, 0.5) is 23.2 Å². The average molecular weight is 261 g/mol. The Morgan fingerprint density at radius 2 is 1.29 bits per heavy atom. The van der Waals surface area contributed by atoms with Crippen LogP contribution < -0.4 is 5.73 Å². The summed E-state index contributed by atoms with van der Waals surface area (Å²) >= 11 is 0. The summed E-state index contributed by atoms with van der Waals surface area (Å²) in [5.74, 6) is -4.16. The number of rotatable bonds is 0. The lowest BCUT2D eigenvalue weighted by Crippen LogP contribution is -2.16. The van der Waals surface area contributed by atoms with Crippen LogP contribution in [0.1, 0.15) is 5.56 Å². The summed E-state index contributed by atoms with van der Waals surface area (Å²) in [4.78, 5) is 0. The van der Waals surface area contributed by atoms with Gasteiger partial charge >= 0.3 is 0 Å². The molecule has 6 heteroatoms. The lowest BCUT2D eigenvalue weighted by Gasteiger charge is -2.06. The Morgan fingerprint density at radius 1 is 0.882 bits per heavy atom. The molecule has 0 aliphatic heterocycles. The molecule has 0 heterocycles. The molecule has 0 fully saturated rings. The van der Waals surface area contributed by atoms with Crippen molar-refractivity contribution in [3.8, 4) is 11.5 Å². The van der Waals surface area contributed by atoms with Gasteiger partial charge in [-0.25, -0.2) is 17.6 Å². The summed E-state index contributed by atoms with van der Waals surface area (Å²) in [6.45, 7) is 5.50. The van der Waals surface area contributed by atoms with E-state index in [1.807, 2.05) is 19.6 Å². The number of hydrogen-bond donors (Lipinski definition) is 1. The summed E-state index contributed by atoms with van der Waals surface area (Å²) < 4.78 is 52.8. The van der Waals surface area contributed by atoms with Gasteiger partial charge in [-0.3, -0.25) is 0 Å². The molecule has 0 radical (unpaired) electrons. The van der Waals surface area contributed by atoms with E-state index < -0.39 is 42.6 Å². The number of anilines is 1. The first kappa shape index (κ1) is 13.6. The molecule has 0 atom stereocenters. The van der Waals surface area contributed by atoms with E-state index in [0.717, 1.165) is 0 Å². The van der Waals surface area contributed by atoms with Gasteiger partial charge in [-0.05, 0) is 0 Å². The first-order chi connectivity index (χ1) is 7.65. The highest BCUT2D eigenvalue weighted by molar-refractivity contribution is 6.83. The van der Waals surface area contributed by atoms with Crippen molar-refractivity contribution in [2.24, 2.45) is 0 Å². The van der Waals surface area contributed by atoms with Gasteiger partial charge in [0.15, 0.2) is 23.3 Å². The Morgan fingerprint density at radius 3 is 1.65 bits per heavy atom. The minimum absolute atomic E-state index is 0.906. The maximum absolute atomic E-state index is 13.3. The zero-order valence-electron chi connectivity index (χ0n) is 9.59. The van der Waals surface area contributed by atoms with Crippen LogP contribution in [0.15, 0.2) is 0 Å². The number of nitrogen functional groups attached to an aromatic ring is 1. The van der Waals surface area contributed by atoms with Crippen molar-refractivity contribution in [2.75, 3.05) is 5.73 Å². The van der Waals surface area contributed by atoms with Crippen molar-refractivity contribution in [2.45, 2.75) is 19.6 Å². The van der Waals surface area contributed by atoms with E-state index in [1.165, 1.54) is 0 Å². The third-order valence-corrected chi connectivity index (χ3v) is 2.73. The van der Waals surface area contributed by atoms with Crippen LogP contribution in [0.5, 0.6) is 0 Å². The highest BCUT2D eigenvalue weighted by Gasteiger charge is 2.23. The second-order valence-corrected chi connectivity index (χ2v) is 9.29. The average Bonchev–Trinajstić information content (AvgIpc) is 2.22. The molecule has 0 aliphatic rings. The highest BCUT2D eigenvalue weighted by Crippen LogP contribution is 2.25. The number of nitrogens with two attached hydrogens (primary N) is 1. The third-order valence-electron chi connectivity index (χ3n) is 1.86. The summed E-state index contributed by atoms with van der Waals surface area (Å²) in [6, 6.07) is 0. The molecular weight excluding hydrogens is 250 g/mol. The zero-order valence-corrected chi connectivity index (χ0v) is 10.6. The minimum Gasteiger partial charge on any atom is -0.394 e. The van der Waals surface area contributed by atoms with E-state index in [4.69, 9.17) is 5.73 Å². The second-order valence-electron chi connectivity index (χ2n) is 4.54. The molecule has 1 aromatic carbocycles. The van der Waals surface area contributed by atoms with Crippen LogP contribution in [0.25, 0.3) is 0 Å². The van der Waals surface area contributed by atoms with E-state index >= 15 is 0 Å². The van der Waals surface area contributed by atoms with Gasteiger partial charge in [-0.15, -0.1) is 5.54 Å². The van der Waals surface area contributed by atoms with E-state index in [2.05, 4.69) is 11.5 Å². The predicted molar refractivity (Wildman–Crippen MR) is 60.9 cm³/mol. The fourth-order valence-electron chi connectivity index (χ4n) is 1.01. The van der Waals surface area contributed by atoms with Crippen LogP contribution >= 0.6 is 0 Å². The van der Waals surface area contributed by atoms with Gasteiger partial charge in [-0.2, -0.15) is 0 Å². The topological polar surface area (TPSA) is 26.0 Å². The van der Waals surface area contributed by atoms with Gasteiger partial charge in [0.05, 0.1) is 0 Å². The van der Waals surface area contributed by atoms with Gasteiger partial charge in [0, 0.05) is 0 Å². The maximum Gasteiger partial charge on any atom is 0.186 e. The molecule has 2 N–H and O–H groups in total. The molecule has 17 heavy (non-hydrogen) atoms. The normalized spacial score (nSPS) is 11.0. The van der Waals surface area contributed by atoms with E-state index in [-0.39, 0.29) is 0 Å². The monoisotopic (exact) mass is 261 g/mol. The van der Waals surface area contributed by atoms with Crippen LogP contribution in [-0.2, 0) is 0 Å². The Kier molecular flexibility index (Phi) is 3.53. The Labute approximate surface area is 97.6 Å². The minimum atomic E-state index is -1.90. The van der Waals surface area contributed by atoms with E-state index in [9.17, 15) is 17.6 Å². The predicted octanol–water partition coefficient (Wildman–Crippen LogP) is 3.05. The van der Waals surface area contributed by atoms with Crippen LogP contribution in [0.3, 0.4) is 0 Å². The third kappa shape index (κ3) is 2.80. The van der Waals surface area contributed by atoms with E-state index in [0.29, 0.717) is 0 Å². The van der Waals surface area contributed by atoms with Gasteiger partial charge < -0.3 is 5.73 Å². The molecule has 0 saturated heterocycles. The molecule has 1 nitrogen and oxygen atoms in total. The van der Waals surface area contributed by atoms with Gasteiger partial charge in [0.25, 0.3) is 0 Å². The quantitative estimate of drug-likeness (QED) is 0.251. The Bertz CT molecular complexity index is 494. The summed E-state index contributed by atoms with van der Waals surface area (Å²) in [5, 5.41) is 0. The molecule has 1 rings (SSSR count). The summed E-state index contributed by atoms with van der Waals surface area (Å²) in [7, 11) is -1.90. The summed E-state index contributed by atoms with van der Waals surface area (Å²) in [6.07, 6.45) is 0. The zero-order chi connectivity index (χ0) is 13.4. The van der Waals surface area contributed by atoms with Gasteiger partial charge in [0.1, 0.15) is 19.3 Å². The van der Waals surface area contributed by atoms with Gasteiger partial charge in [-0.1, -0.05) is 25.6 Å². The van der Waals surface area contributed by atoms with Gasteiger partial charge in [0.2, 0.25) is 0 Å². The largest absolute Gasteiger partial charge is 0.394 e. The SMILES string of the molecule is C[Si](C)(C)C#Cc1c(F)c(F)c(N)c(F)c1F. The van der Waals surface area contributed by atoms with Crippen LogP contribution in [0.2, 0.25) is 19.6 Å². The number of halogens is 4. The van der Waals surface area contributed by atoms with Crippen molar-refractivity contribution in [1.29, 1.82) is 0 Å². The molecule has 0 aliphatic carbocycles. The fourth-order valence-corrected chi connectivity index (χ4v) is 1.51. The Balaban J connectivity index is 3.49. The fraction of sp³-hybridized carbons (Fsp3) is 0.273. The van der Waals surface area contributed by atoms with Crippen molar-refractivity contribution in [1.82, 2.24) is 0 Å². The van der Waals surface area contributed by atoms with Crippen molar-refractivity contribution in [3.63, 3.8) is 0 Å². The molecule has 0 aromatic heterocycles. The van der Waals surface area contributed by atoms with Crippen molar-refractivity contribution in [3.05, 3.63) is 28.8 Å². The van der Waals surface area contributed by atoms with Crippen LogP contribution in [-0.4, -0.2) is 8.07 Å². The smallest absolute Gasteiger partial charge is 0.186 e. The molecule has 0 unspecified atom stereocenters. The lowest BCUT2D eigenvalue weighted by atomic mass is 10.1. The standard InChI is InChI=1S/C11H11F4NSi/c1-17(2,3)5-4-6-7(12)9(14)11(16)10(15)8(6)13/h16H2,1-3H3. The molecule has 0 bridgehead atoms. The molecule has 1 aromatic rings. The lowest BCUT2D eigenvalue weighted by molar-refractivity contribution is 0.456. The first-order valence-corrected chi connectivity index (χ1v) is 8.29. The van der Waals surface area contributed by atoms with Crippen molar-refractivity contribution < 1.29 is 17.6 Å². The summed E-state index contributed by atoms with van der Waals surface area (Å²) in [5.41, 5.74) is 5.42. The Hall–Kier alpha value is -1.48. The highest BCUT2D eigenvalue weighted by atomic mass is 28.3. The van der Waals surface area contributed by atoms with E-state index in [1.54, 1.807) is 0 Å². The number of hydrogen-bond acceptors (Lipinski definition) is 1. The first-order valence-electron chi connectivity index (χ1n) is 4.79. The molecule has 92 valence electrons. The van der Waals surface area contributed by atoms with Crippen LogP contribution in [0, 0.1) is 34.7 Å². The molecule has 0 saturated carbocycles. The molecular formula is C11H11F4NSi. The number of benzene rings is 1. The molecule has 0 spiro atoms. The second kappa shape index (κ2) is 4.41. The maximum atomic E-state index is 13.3.